The summed E-state index contributed by atoms with van der Waals surface area (Å²) in [6, 6.07) is 8.09. The zero-order valence-electron chi connectivity index (χ0n) is 31.4. The van der Waals surface area contributed by atoms with Crippen molar-refractivity contribution in [2.75, 3.05) is 19.7 Å². The van der Waals surface area contributed by atoms with E-state index in [4.69, 9.17) is 4.74 Å². The second kappa shape index (κ2) is 20.9. The molecule has 2 heterocycles. The topological polar surface area (TPSA) is 154 Å². The Morgan fingerprint density at radius 1 is 1.02 bits per heavy atom. The average molecular weight is 720 g/mol. The first kappa shape index (κ1) is 40.8. The Hall–Kier alpha value is -3.99. The number of ether oxygens (including phenoxy) is 1. The van der Waals surface area contributed by atoms with Crippen LogP contribution in [-0.2, 0) is 36.8 Å². The molecule has 4 rings (SSSR count). The molecule has 4 N–H and O–H groups in total. The number of benzene rings is 1. The average Bonchev–Trinajstić information content (AvgIpc) is 3.67. The summed E-state index contributed by atoms with van der Waals surface area (Å²) >= 11 is 0. The van der Waals surface area contributed by atoms with Gasteiger partial charge in [-0.05, 0) is 62.3 Å². The summed E-state index contributed by atoms with van der Waals surface area (Å²) in [5.74, 6) is -1.36. The predicted molar refractivity (Wildman–Crippen MR) is 201 cm³/mol. The van der Waals surface area contributed by atoms with E-state index >= 15 is 0 Å². The molecule has 0 radical (unpaired) electrons. The van der Waals surface area contributed by atoms with Crippen LogP contribution in [-0.4, -0.2) is 81.5 Å². The summed E-state index contributed by atoms with van der Waals surface area (Å²) in [7, 11) is 0. The van der Waals surface area contributed by atoms with Crippen molar-refractivity contribution in [2.24, 2.45) is 29.6 Å². The number of aromatic nitrogens is 2. The highest BCUT2D eigenvalue weighted by atomic mass is 16.5. The number of imidazole rings is 1. The number of carbonyl (C=O) groups excluding carboxylic acids is 4. The first-order valence-corrected chi connectivity index (χ1v) is 19.4. The Morgan fingerprint density at radius 3 is 2.35 bits per heavy atom. The van der Waals surface area contributed by atoms with Gasteiger partial charge >= 0.3 is 5.97 Å². The van der Waals surface area contributed by atoms with Gasteiger partial charge in [0.1, 0.15) is 6.04 Å². The van der Waals surface area contributed by atoms with Gasteiger partial charge in [-0.15, -0.1) is 6.58 Å². The van der Waals surface area contributed by atoms with E-state index in [9.17, 15) is 24.3 Å². The molecule has 3 amide bonds. The van der Waals surface area contributed by atoms with E-state index in [0.717, 1.165) is 31.2 Å². The van der Waals surface area contributed by atoms with Crippen LogP contribution in [0.2, 0.25) is 0 Å². The van der Waals surface area contributed by atoms with Crippen LogP contribution in [0.1, 0.15) is 96.2 Å². The summed E-state index contributed by atoms with van der Waals surface area (Å²) in [4.78, 5) is 63.3. The van der Waals surface area contributed by atoms with Crippen LogP contribution in [0.15, 0.2) is 55.5 Å². The molecule has 1 saturated carbocycles. The van der Waals surface area contributed by atoms with Gasteiger partial charge in [0.15, 0.2) is 0 Å². The fourth-order valence-electron chi connectivity index (χ4n) is 7.70. The molecule has 1 aromatic heterocycles. The van der Waals surface area contributed by atoms with Gasteiger partial charge in [0.25, 0.3) is 0 Å². The number of piperidine rings is 1. The highest BCUT2D eigenvalue weighted by Crippen LogP contribution is 2.30. The number of hydrogen-bond acceptors (Lipinski definition) is 7. The number of H-pyrrole nitrogens is 1. The Bertz CT molecular complexity index is 1400. The van der Waals surface area contributed by atoms with E-state index in [1.54, 1.807) is 18.0 Å². The minimum absolute atomic E-state index is 0.0373. The van der Waals surface area contributed by atoms with E-state index in [0.29, 0.717) is 69.3 Å². The minimum Gasteiger partial charge on any atom is -0.466 e. The number of aliphatic hydroxyl groups is 1. The van der Waals surface area contributed by atoms with Crippen LogP contribution in [0.5, 0.6) is 0 Å². The van der Waals surface area contributed by atoms with Crippen LogP contribution in [0, 0.1) is 29.6 Å². The number of amides is 3. The lowest BCUT2D eigenvalue weighted by molar-refractivity contribution is -0.151. The maximum atomic E-state index is 14.2. The van der Waals surface area contributed by atoms with Crippen molar-refractivity contribution >= 4 is 23.7 Å². The minimum atomic E-state index is -0.969. The zero-order chi connectivity index (χ0) is 37.5. The first-order valence-electron chi connectivity index (χ1n) is 19.4. The zero-order valence-corrected chi connectivity index (χ0v) is 31.4. The molecule has 11 heteroatoms. The highest BCUT2D eigenvalue weighted by molar-refractivity contribution is 5.91. The number of allylic oxidation sites excluding steroid dienone is 1. The predicted octanol–water partition coefficient (Wildman–Crippen LogP) is 5.15. The molecule has 2 aliphatic rings. The monoisotopic (exact) mass is 719 g/mol. The number of esters is 1. The van der Waals surface area contributed by atoms with Gasteiger partial charge in [-0.2, -0.15) is 0 Å². The van der Waals surface area contributed by atoms with Gasteiger partial charge in [0.2, 0.25) is 17.7 Å². The third kappa shape index (κ3) is 12.6. The summed E-state index contributed by atoms with van der Waals surface area (Å²) in [6.45, 7) is 11.1. The van der Waals surface area contributed by atoms with Crippen molar-refractivity contribution in [3.63, 3.8) is 0 Å². The standard InChI is InChI=1S/C41H61N5O6/c1-5-31(28(3)4)23-37(47)35(22-30-15-11-8-12-16-30)44-40(50)36(25-34-26-42-27-43-34)45-39(49)33(21-29-13-9-7-10-14-29)24-38(48)46-19-17-32(18-20-46)41(51)52-6-2/h5,7,9-10,13-14,26-28,30-33,35-37,47H,1,6,8,11-12,15-25H2,2-4H3,(H,42,43)(H,44,50)(H,45,49)/t31-,33+,35-,36-,37-/m0/s1. The summed E-state index contributed by atoms with van der Waals surface area (Å²) < 4.78 is 5.19. The van der Waals surface area contributed by atoms with Gasteiger partial charge in [0.05, 0.1) is 36.9 Å². The third-order valence-electron chi connectivity index (χ3n) is 11.0. The number of hydrogen-bond donors (Lipinski definition) is 4. The van der Waals surface area contributed by atoms with Gasteiger partial charge in [-0.25, -0.2) is 4.98 Å². The number of likely N-dealkylation sites (tertiary alicyclic amines) is 1. The van der Waals surface area contributed by atoms with Gasteiger partial charge in [0, 0.05) is 37.8 Å². The molecular formula is C41H61N5O6. The van der Waals surface area contributed by atoms with Crippen LogP contribution >= 0.6 is 0 Å². The Kier molecular flexibility index (Phi) is 16.4. The molecule has 2 fully saturated rings. The molecule has 1 saturated heterocycles. The van der Waals surface area contributed by atoms with E-state index in [1.165, 1.54) is 12.7 Å². The summed E-state index contributed by atoms with van der Waals surface area (Å²) in [5, 5.41) is 17.8. The van der Waals surface area contributed by atoms with Crippen molar-refractivity contribution in [3.8, 4) is 0 Å². The number of aromatic amines is 1. The number of carbonyl (C=O) groups is 4. The fourth-order valence-corrected chi connectivity index (χ4v) is 7.70. The summed E-state index contributed by atoms with van der Waals surface area (Å²) in [6.07, 6.45) is 12.5. The lowest BCUT2D eigenvalue weighted by Gasteiger charge is -2.33. The number of aliphatic hydroxyl groups excluding tert-OH is 1. The Balaban J connectivity index is 1.52. The van der Waals surface area contributed by atoms with Crippen molar-refractivity contribution in [1.29, 1.82) is 0 Å². The maximum Gasteiger partial charge on any atom is 0.309 e. The Labute approximate surface area is 309 Å². The summed E-state index contributed by atoms with van der Waals surface area (Å²) in [5.41, 5.74) is 1.58. The molecule has 0 spiro atoms. The number of nitrogens with zero attached hydrogens (tertiary/aromatic N) is 2. The van der Waals surface area contributed by atoms with E-state index in [1.807, 2.05) is 36.4 Å². The maximum absolute atomic E-state index is 14.2. The quantitative estimate of drug-likeness (QED) is 0.116. The highest BCUT2D eigenvalue weighted by Gasteiger charge is 2.34. The molecule has 1 aliphatic carbocycles. The molecular weight excluding hydrogens is 658 g/mol. The Morgan fingerprint density at radius 2 is 1.73 bits per heavy atom. The van der Waals surface area contributed by atoms with E-state index < -0.39 is 30.0 Å². The third-order valence-corrected chi connectivity index (χ3v) is 11.0. The lowest BCUT2D eigenvalue weighted by atomic mass is 9.81. The smallest absolute Gasteiger partial charge is 0.309 e. The number of nitrogens with one attached hydrogen (secondary N) is 3. The van der Waals surface area contributed by atoms with Gasteiger partial charge < -0.3 is 30.4 Å². The van der Waals surface area contributed by atoms with Gasteiger partial charge in [-0.1, -0.05) is 82.4 Å². The second-order valence-corrected chi connectivity index (χ2v) is 15.1. The van der Waals surface area contributed by atoms with Crippen molar-refractivity contribution < 1.29 is 29.0 Å². The first-order chi connectivity index (χ1) is 25.1. The molecule has 286 valence electrons. The van der Waals surface area contributed by atoms with Crippen LogP contribution in [0.4, 0.5) is 0 Å². The number of rotatable bonds is 19. The molecule has 1 aliphatic heterocycles. The van der Waals surface area contributed by atoms with Crippen molar-refractivity contribution in [2.45, 2.75) is 116 Å². The van der Waals surface area contributed by atoms with Crippen LogP contribution in [0.3, 0.4) is 0 Å². The molecule has 5 atom stereocenters. The molecule has 0 unspecified atom stereocenters. The van der Waals surface area contributed by atoms with Crippen LogP contribution < -0.4 is 10.6 Å². The molecule has 11 nitrogen and oxygen atoms in total. The molecule has 1 aromatic carbocycles. The van der Waals surface area contributed by atoms with E-state index in [-0.39, 0.29) is 42.5 Å². The molecule has 52 heavy (non-hydrogen) atoms. The second-order valence-electron chi connectivity index (χ2n) is 15.1. The fraction of sp³-hybridized carbons (Fsp3) is 0.634. The van der Waals surface area contributed by atoms with Crippen LogP contribution in [0.25, 0.3) is 0 Å². The largest absolute Gasteiger partial charge is 0.466 e. The van der Waals surface area contributed by atoms with Crippen molar-refractivity contribution in [3.05, 3.63) is 66.8 Å². The SMILES string of the molecule is C=C[C@@H](C[C@H](O)[C@H](CC1CCCCC1)NC(=O)[C@H](Cc1cnc[nH]1)NC(=O)[C@@H](CC(=O)N1CCC(C(=O)OCC)CC1)Cc1ccccc1)C(C)C. The normalized spacial score (nSPS) is 18.5. The molecule has 0 bridgehead atoms. The van der Waals surface area contributed by atoms with Crippen molar-refractivity contribution in [1.82, 2.24) is 25.5 Å². The van der Waals surface area contributed by atoms with Gasteiger partial charge in [-0.3, -0.25) is 19.2 Å². The van der Waals surface area contributed by atoms with E-state index in [2.05, 4.69) is 41.0 Å². The molecule has 2 aromatic rings. The lowest BCUT2D eigenvalue weighted by Crippen LogP contribution is -2.55.